The van der Waals surface area contributed by atoms with E-state index in [4.69, 9.17) is 5.73 Å². The quantitative estimate of drug-likeness (QED) is 0.353. The smallest absolute Gasteiger partial charge is 0.319 e. The van der Waals surface area contributed by atoms with E-state index in [2.05, 4.69) is 10.6 Å². The van der Waals surface area contributed by atoms with Crippen molar-refractivity contribution in [2.75, 3.05) is 5.32 Å². The minimum Gasteiger partial charge on any atom is -0.505 e. The van der Waals surface area contributed by atoms with Gasteiger partial charge < -0.3 is 31.1 Å². The van der Waals surface area contributed by atoms with Crippen molar-refractivity contribution < 1.29 is 24.2 Å². The molecule has 1 unspecified atom stereocenters. The summed E-state index contributed by atoms with van der Waals surface area (Å²) in [6.45, 7) is 0.196. The van der Waals surface area contributed by atoms with Crippen LogP contribution in [0.15, 0.2) is 65.6 Å². The number of rotatable bonds is 8. The zero-order chi connectivity index (χ0) is 24.0. The molecule has 0 fully saturated rings. The molecule has 0 saturated carbocycles. The summed E-state index contributed by atoms with van der Waals surface area (Å²) < 4.78 is 15.1. The molecule has 172 valence electrons. The third-order valence-electron chi connectivity index (χ3n) is 4.98. The van der Waals surface area contributed by atoms with Crippen molar-refractivity contribution in [3.63, 3.8) is 0 Å². The van der Waals surface area contributed by atoms with Crippen LogP contribution in [-0.4, -0.2) is 26.8 Å². The lowest BCUT2D eigenvalue weighted by atomic mass is 10.0. The minimum absolute atomic E-state index is 0.114. The van der Waals surface area contributed by atoms with Gasteiger partial charge in [-0.3, -0.25) is 9.59 Å². The number of pyridine rings is 1. The fourth-order valence-corrected chi connectivity index (χ4v) is 3.24. The molecule has 33 heavy (non-hydrogen) atoms. The van der Waals surface area contributed by atoms with Crippen LogP contribution >= 0.6 is 0 Å². The van der Waals surface area contributed by atoms with Crippen molar-refractivity contribution in [1.82, 2.24) is 9.88 Å². The first-order valence-corrected chi connectivity index (χ1v) is 10.0. The Morgan fingerprint density at radius 1 is 1.09 bits per heavy atom. The van der Waals surface area contributed by atoms with Crippen LogP contribution in [0, 0.1) is 5.82 Å². The number of carbonyl (C=O) groups is 2. The third-order valence-corrected chi connectivity index (χ3v) is 4.98. The van der Waals surface area contributed by atoms with E-state index in [0.717, 1.165) is 10.1 Å². The van der Waals surface area contributed by atoms with Gasteiger partial charge >= 0.3 is 12.0 Å². The number of nitrogens with two attached hydrogens (primary N) is 1. The Morgan fingerprint density at radius 2 is 1.79 bits per heavy atom. The Bertz CT molecular complexity index is 1210. The maximum atomic E-state index is 14.0. The lowest BCUT2D eigenvalue weighted by Crippen LogP contribution is -2.36. The van der Waals surface area contributed by atoms with Gasteiger partial charge in [0.1, 0.15) is 11.6 Å². The predicted molar refractivity (Wildman–Crippen MR) is 119 cm³/mol. The van der Waals surface area contributed by atoms with Crippen LogP contribution in [0.2, 0.25) is 0 Å². The fraction of sp³-hybridized carbons (Fsp3) is 0.174. The largest absolute Gasteiger partial charge is 0.505 e. The van der Waals surface area contributed by atoms with Crippen LogP contribution < -0.4 is 21.9 Å². The molecule has 1 atom stereocenters. The molecule has 1 aromatic heterocycles. The molecule has 3 aromatic rings. The van der Waals surface area contributed by atoms with Crippen LogP contribution in [0.4, 0.5) is 14.9 Å². The highest BCUT2D eigenvalue weighted by Gasteiger charge is 2.20. The Kier molecular flexibility index (Phi) is 7.42. The van der Waals surface area contributed by atoms with Gasteiger partial charge in [0.25, 0.3) is 5.56 Å². The number of benzene rings is 2. The van der Waals surface area contributed by atoms with Gasteiger partial charge in [0.15, 0.2) is 5.69 Å². The third kappa shape index (κ3) is 5.95. The summed E-state index contributed by atoms with van der Waals surface area (Å²) in [5.41, 5.74) is 6.01. The molecule has 0 saturated heterocycles. The summed E-state index contributed by atoms with van der Waals surface area (Å²) in [6.07, 6.45) is 0.868. The number of nitrogens with zero attached hydrogens (tertiary/aromatic N) is 1. The number of urea groups is 1. The van der Waals surface area contributed by atoms with E-state index in [9.17, 15) is 29.0 Å². The number of halogens is 1. The highest BCUT2D eigenvalue weighted by Crippen LogP contribution is 2.21. The normalized spacial score (nSPS) is 11.6. The monoisotopic (exact) mass is 454 g/mol. The Balaban J connectivity index is 1.80. The SMILES string of the molecule is NCc1ccc(C(CC(=O)O)NC(=O)Nc2c(O)ccn(Cc3ccccc3F)c2=O)cc1. The molecule has 0 aliphatic carbocycles. The van der Waals surface area contributed by atoms with Gasteiger partial charge in [0.05, 0.1) is 19.0 Å². The molecule has 0 radical (unpaired) electrons. The number of carboxylic acid groups (broad SMARTS) is 1. The Morgan fingerprint density at radius 3 is 2.42 bits per heavy atom. The number of carbonyl (C=O) groups excluding carboxylic acids is 1. The number of anilines is 1. The zero-order valence-corrected chi connectivity index (χ0v) is 17.5. The molecule has 0 spiro atoms. The van der Waals surface area contributed by atoms with Crippen molar-refractivity contribution in [2.24, 2.45) is 5.73 Å². The van der Waals surface area contributed by atoms with Gasteiger partial charge in [-0.05, 0) is 23.3 Å². The molecule has 0 bridgehead atoms. The summed E-state index contributed by atoms with van der Waals surface area (Å²) in [4.78, 5) is 36.6. The van der Waals surface area contributed by atoms with E-state index in [-0.39, 0.29) is 12.1 Å². The number of amides is 2. The van der Waals surface area contributed by atoms with Crippen LogP contribution in [0.25, 0.3) is 0 Å². The summed E-state index contributed by atoms with van der Waals surface area (Å²) in [7, 11) is 0. The van der Waals surface area contributed by atoms with Gasteiger partial charge in [-0.2, -0.15) is 0 Å². The van der Waals surface area contributed by atoms with Crippen LogP contribution in [0.3, 0.4) is 0 Å². The van der Waals surface area contributed by atoms with Crippen molar-refractivity contribution in [2.45, 2.75) is 25.6 Å². The van der Waals surface area contributed by atoms with Crippen LogP contribution in [-0.2, 0) is 17.9 Å². The number of nitrogens with one attached hydrogen (secondary N) is 2. The molecule has 6 N–H and O–H groups in total. The van der Waals surface area contributed by atoms with E-state index in [0.29, 0.717) is 12.1 Å². The molecule has 0 aliphatic rings. The molecular formula is C23H23FN4O5. The average molecular weight is 454 g/mol. The lowest BCUT2D eigenvalue weighted by Gasteiger charge is -2.19. The standard InChI is InChI=1S/C23H23FN4O5/c24-17-4-2-1-3-16(17)13-28-10-9-19(29)21(22(28)32)27-23(33)26-18(11-20(30)31)15-7-5-14(12-25)6-8-15/h1-10,18,29H,11-13,25H2,(H,30,31)(H2,26,27,33). The maximum Gasteiger partial charge on any atom is 0.319 e. The summed E-state index contributed by atoms with van der Waals surface area (Å²) in [6, 6.07) is 12.1. The van der Waals surface area contributed by atoms with E-state index in [1.54, 1.807) is 30.3 Å². The van der Waals surface area contributed by atoms with E-state index >= 15 is 0 Å². The number of aromatic hydroxyl groups is 1. The first-order chi connectivity index (χ1) is 15.8. The second-order valence-electron chi connectivity index (χ2n) is 7.30. The summed E-state index contributed by atoms with van der Waals surface area (Å²) >= 11 is 0. The molecule has 9 nitrogen and oxygen atoms in total. The number of aromatic nitrogens is 1. The summed E-state index contributed by atoms with van der Waals surface area (Å²) in [5.74, 6) is -2.12. The Labute approximate surface area is 188 Å². The van der Waals surface area contributed by atoms with Crippen LogP contribution in [0.5, 0.6) is 5.75 Å². The zero-order valence-electron chi connectivity index (χ0n) is 17.5. The van der Waals surface area contributed by atoms with Gasteiger partial charge in [-0.1, -0.05) is 42.5 Å². The molecule has 10 heteroatoms. The molecule has 0 aliphatic heterocycles. The summed E-state index contributed by atoms with van der Waals surface area (Å²) in [5, 5.41) is 24.1. The van der Waals surface area contributed by atoms with Gasteiger partial charge in [0, 0.05) is 18.3 Å². The second kappa shape index (κ2) is 10.4. The number of carboxylic acids is 1. The first-order valence-electron chi connectivity index (χ1n) is 10.0. The van der Waals surface area contributed by atoms with Gasteiger partial charge in [-0.15, -0.1) is 0 Å². The van der Waals surface area contributed by atoms with Crippen molar-refractivity contribution in [3.05, 3.63) is 93.7 Å². The van der Waals surface area contributed by atoms with E-state index in [1.807, 2.05) is 0 Å². The fourth-order valence-electron chi connectivity index (χ4n) is 3.24. The number of hydrogen-bond acceptors (Lipinski definition) is 5. The van der Waals surface area contributed by atoms with Crippen molar-refractivity contribution >= 4 is 17.7 Å². The molecule has 2 aromatic carbocycles. The minimum atomic E-state index is -1.14. The number of aliphatic carboxylic acids is 1. The average Bonchev–Trinajstić information content (AvgIpc) is 2.79. The predicted octanol–water partition coefficient (Wildman–Crippen LogP) is 2.54. The first kappa shape index (κ1) is 23.5. The number of hydrogen-bond donors (Lipinski definition) is 5. The van der Waals surface area contributed by atoms with Crippen molar-refractivity contribution in [1.29, 1.82) is 0 Å². The highest BCUT2D eigenvalue weighted by molar-refractivity contribution is 5.91. The van der Waals surface area contributed by atoms with E-state index in [1.165, 1.54) is 30.5 Å². The van der Waals surface area contributed by atoms with Crippen LogP contribution in [0.1, 0.15) is 29.2 Å². The molecule has 3 rings (SSSR count). The molecular weight excluding hydrogens is 431 g/mol. The van der Waals surface area contributed by atoms with E-state index < -0.39 is 47.3 Å². The Hall–Kier alpha value is -4.18. The maximum absolute atomic E-state index is 14.0. The molecule has 2 amide bonds. The second-order valence-corrected chi connectivity index (χ2v) is 7.30. The lowest BCUT2D eigenvalue weighted by molar-refractivity contribution is -0.137. The van der Waals surface area contributed by atoms with Gasteiger partial charge in [-0.25, -0.2) is 9.18 Å². The van der Waals surface area contributed by atoms with Gasteiger partial charge in [0.2, 0.25) is 0 Å². The highest BCUT2D eigenvalue weighted by atomic mass is 19.1. The topological polar surface area (TPSA) is 147 Å². The molecule has 1 heterocycles. The van der Waals surface area contributed by atoms with Crippen molar-refractivity contribution in [3.8, 4) is 5.75 Å².